The lowest BCUT2D eigenvalue weighted by Crippen LogP contribution is -2.43. The number of hydrogen-bond donors (Lipinski definition) is 0. The largest absolute Gasteiger partial charge is 0.379 e. The van der Waals surface area contributed by atoms with Gasteiger partial charge in [0.15, 0.2) is 9.84 Å². The molecule has 4 heteroatoms. The minimum Gasteiger partial charge on any atom is -0.379 e. The van der Waals surface area contributed by atoms with Gasteiger partial charge in [0, 0.05) is 0 Å². The third-order valence-corrected chi connectivity index (χ3v) is 4.24. The van der Waals surface area contributed by atoms with Crippen LogP contribution < -0.4 is 0 Å². The summed E-state index contributed by atoms with van der Waals surface area (Å²) in [5.41, 5.74) is 0. The molecule has 1 aliphatic rings. The molecule has 0 atom stereocenters. The van der Waals surface area contributed by atoms with Crippen molar-refractivity contribution in [3.63, 3.8) is 0 Å². The van der Waals surface area contributed by atoms with Gasteiger partial charge in [-0.25, -0.2) is 8.42 Å². The van der Waals surface area contributed by atoms with Crippen LogP contribution in [0.4, 0.5) is 0 Å². The third kappa shape index (κ3) is 1.18. The molecule has 0 radical (unpaired) electrons. The van der Waals surface area contributed by atoms with Crippen LogP contribution in [0.2, 0.25) is 0 Å². The Kier molecular flexibility index (Phi) is 2.01. The average molecular weight is 164 g/mol. The maximum absolute atomic E-state index is 11.2. The zero-order chi connectivity index (χ0) is 7.78. The van der Waals surface area contributed by atoms with E-state index in [-0.39, 0.29) is 10.5 Å². The van der Waals surface area contributed by atoms with E-state index < -0.39 is 9.84 Å². The van der Waals surface area contributed by atoms with Crippen LogP contribution in [0.1, 0.15) is 13.8 Å². The quantitative estimate of drug-likeness (QED) is 0.586. The molecule has 0 aromatic heterocycles. The molecule has 1 saturated heterocycles. The fourth-order valence-corrected chi connectivity index (χ4v) is 2.13. The zero-order valence-corrected chi connectivity index (χ0v) is 7.02. The van der Waals surface area contributed by atoms with E-state index in [1.807, 2.05) is 0 Å². The fourth-order valence-electron chi connectivity index (χ4n) is 0.789. The van der Waals surface area contributed by atoms with Crippen LogP contribution in [0.3, 0.4) is 0 Å². The Morgan fingerprint density at radius 1 is 1.40 bits per heavy atom. The number of ether oxygens (including phenoxy) is 1. The molecular formula is C6H12O3S. The topological polar surface area (TPSA) is 43.4 Å². The number of hydrogen-bond acceptors (Lipinski definition) is 3. The summed E-state index contributed by atoms with van der Waals surface area (Å²) in [5.74, 6) is 0. The van der Waals surface area contributed by atoms with Crippen LogP contribution in [0, 0.1) is 0 Å². The standard InChI is InChI=1S/C6H12O3S/c1-5(2)10(7,8)6-3-9-4-6/h5-6H,3-4H2,1-2H3. The fraction of sp³-hybridized carbons (Fsp3) is 1.00. The van der Waals surface area contributed by atoms with E-state index in [4.69, 9.17) is 4.74 Å². The monoisotopic (exact) mass is 164 g/mol. The summed E-state index contributed by atoms with van der Waals surface area (Å²) in [6, 6.07) is 0. The highest BCUT2D eigenvalue weighted by Gasteiger charge is 2.34. The van der Waals surface area contributed by atoms with Gasteiger partial charge in [0.1, 0.15) is 5.25 Å². The van der Waals surface area contributed by atoms with Gasteiger partial charge in [0.05, 0.1) is 18.5 Å². The Labute approximate surface area is 61.3 Å². The van der Waals surface area contributed by atoms with Crippen molar-refractivity contribution in [3.05, 3.63) is 0 Å². The van der Waals surface area contributed by atoms with E-state index in [1.54, 1.807) is 13.8 Å². The minimum absolute atomic E-state index is 0.229. The van der Waals surface area contributed by atoms with Crippen LogP contribution >= 0.6 is 0 Å². The van der Waals surface area contributed by atoms with Crippen molar-refractivity contribution >= 4 is 9.84 Å². The Morgan fingerprint density at radius 2 is 1.90 bits per heavy atom. The summed E-state index contributed by atoms with van der Waals surface area (Å²) in [7, 11) is -2.87. The van der Waals surface area contributed by atoms with Crippen molar-refractivity contribution in [1.29, 1.82) is 0 Å². The van der Waals surface area contributed by atoms with Crippen molar-refractivity contribution in [2.45, 2.75) is 24.3 Å². The van der Waals surface area contributed by atoms with E-state index in [0.29, 0.717) is 13.2 Å². The van der Waals surface area contributed by atoms with Gasteiger partial charge in [-0.05, 0) is 13.8 Å². The highest BCUT2D eigenvalue weighted by molar-refractivity contribution is 7.92. The lowest BCUT2D eigenvalue weighted by Gasteiger charge is -2.27. The Balaban J connectivity index is 2.68. The number of sulfone groups is 1. The van der Waals surface area contributed by atoms with Crippen molar-refractivity contribution in [2.75, 3.05) is 13.2 Å². The van der Waals surface area contributed by atoms with Crippen LogP contribution in [0.25, 0.3) is 0 Å². The predicted molar refractivity (Wildman–Crippen MR) is 38.7 cm³/mol. The van der Waals surface area contributed by atoms with Crippen molar-refractivity contribution in [1.82, 2.24) is 0 Å². The molecule has 60 valence electrons. The lowest BCUT2D eigenvalue weighted by atomic mass is 10.4. The SMILES string of the molecule is CC(C)S(=O)(=O)C1COC1. The van der Waals surface area contributed by atoms with Crippen LogP contribution in [-0.4, -0.2) is 32.1 Å². The van der Waals surface area contributed by atoms with E-state index in [2.05, 4.69) is 0 Å². The summed E-state index contributed by atoms with van der Waals surface area (Å²) in [4.78, 5) is 0. The van der Waals surface area contributed by atoms with E-state index >= 15 is 0 Å². The molecule has 1 heterocycles. The maximum atomic E-state index is 11.2. The van der Waals surface area contributed by atoms with Crippen molar-refractivity contribution < 1.29 is 13.2 Å². The molecule has 1 fully saturated rings. The van der Waals surface area contributed by atoms with Gasteiger partial charge in [-0.3, -0.25) is 0 Å². The summed E-state index contributed by atoms with van der Waals surface area (Å²) in [5, 5.41) is -0.492. The molecule has 0 aromatic carbocycles. The summed E-state index contributed by atoms with van der Waals surface area (Å²) in [6.45, 7) is 4.18. The molecular weight excluding hydrogens is 152 g/mol. The first-order valence-electron chi connectivity index (χ1n) is 3.35. The molecule has 10 heavy (non-hydrogen) atoms. The van der Waals surface area contributed by atoms with Gasteiger partial charge in [0.25, 0.3) is 0 Å². The molecule has 0 aliphatic carbocycles. The van der Waals surface area contributed by atoms with Crippen molar-refractivity contribution in [3.8, 4) is 0 Å². The Morgan fingerprint density at radius 3 is 2.00 bits per heavy atom. The highest BCUT2D eigenvalue weighted by Crippen LogP contribution is 2.16. The second-order valence-corrected chi connectivity index (χ2v) is 5.58. The molecule has 0 aromatic rings. The first-order chi connectivity index (χ1) is 4.55. The van der Waals surface area contributed by atoms with Gasteiger partial charge in [0.2, 0.25) is 0 Å². The molecule has 0 unspecified atom stereocenters. The smallest absolute Gasteiger partial charge is 0.160 e. The van der Waals surface area contributed by atoms with Gasteiger partial charge >= 0.3 is 0 Å². The van der Waals surface area contributed by atoms with Crippen LogP contribution in [-0.2, 0) is 14.6 Å². The van der Waals surface area contributed by atoms with Crippen LogP contribution in [0.15, 0.2) is 0 Å². The minimum atomic E-state index is -2.87. The first kappa shape index (κ1) is 8.01. The second-order valence-electron chi connectivity index (χ2n) is 2.80. The summed E-state index contributed by atoms with van der Waals surface area (Å²) in [6.07, 6.45) is 0. The van der Waals surface area contributed by atoms with Gasteiger partial charge in [-0.1, -0.05) is 0 Å². The van der Waals surface area contributed by atoms with Crippen LogP contribution in [0.5, 0.6) is 0 Å². The maximum Gasteiger partial charge on any atom is 0.160 e. The predicted octanol–water partition coefficient (Wildman–Crippen LogP) is 0.208. The van der Waals surface area contributed by atoms with Crippen molar-refractivity contribution in [2.24, 2.45) is 0 Å². The highest BCUT2D eigenvalue weighted by atomic mass is 32.2. The Bertz CT molecular complexity index is 201. The molecule has 3 nitrogen and oxygen atoms in total. The molecule has 0 saturated carbocycles. The molecule has 1 aliphatic heterocycles. The molecule has 0 N–H and O–H groups in total. The van der Waals surface area contributed by atoms with E-state index in [0.717, 1.165) is 0 Å². The van der Waals surface area contributed by atoms with Gasteiger partial charge < -0.3 is 4.74 Å². The van der Waals surface area contributed by atoms with Gasteiger partial charge in [-0.15, -0.1) is 0 Å². The lowest BCUT2D eigenvalue weighted by molar-refractivity contribution is 0.0413. The Hall–Kier alpha value is -0.0900. The normalized spacial score (nSPS) is 21.1. The van der Waals surface area contributed by atoms with E-state index in [9.17, 15) is 8.42 Å². The number of rotatable bonds is 2. The van der Waals surface area contributed by atoms with Gasteiger partial charge in [-0.2, -0.15) is 0 Å². The zero-order valence-electron chi connectivity index (χ0n) is 6.20. The second kappa shape index (κ2) is 2.51. The third-order valence-electron chi connectivity index (χ3n) is 1.73. The summed E-state index contributed by atoms with van der Waals surface area (Å²) < 4.78 is 27.3. The molecule has 0 spiro atoms. The first-order valence-corrected chi connectivity index (χ1v) is 4.96. The van der Waals surface area contributed by atoms with E-state index in [1.165, 1.54) is 0 Å². The molecule has 0 amide bonds. The average Bonchev–Trinajstić information content (AvgIpc) is 1.57. The molecule has 0 bridgehead atoms. The summed E-state index contributed by atoms with van der Waals surface area (Å²) >= 11 is 0. The molecule has 1 rings (SSSR count).